The van der Waals surface area contributed by atoms with Crippen molar-refractivity contribution in [1.82, 2.24) is 4.98 Å². The third kappa shape index (κ3) is 3.42. The Morgan fingerprint density at radius 2 is 2.38 bits per heavy atom. The number of aromatic nitrogens is 1. The molecule has 90 valence electrons. The fourth-order valence-corrected chi connectivity index (χ4v) is 1.85. The van der Waals surface area contributed by atoms with Gasteiger partial charge >= 0.3 is 5.00 Å². The number of ether oxygens (including phenoxy) is 1. The van der Waals surface area contributed by atoms with Crippen molar-refractivity contribution in [1.29, 1.82) is 0 Å². The van der Waals surface area contributed by atoms with Crippen LogP contribution in [0.5, 0.6) is 0 Å². The number of nitrogens with one attached hydrogen (secondary N) is 1. The van der Waals surface area contributed by atoms with Crippen LogP contribution in [-0.4, -0.2) is 29.7 Å². The average Bonchev–Trinajstić information content (AvgIpc) is 2.65. The van der Waals surface area contributed by atoms with Crippen LogP contribution >= 0.6 is 11.3 Å². The Morgan fingerprint density at radius 3 is 2.81 bits per heavy atom. The number of thiazole rings is 1. The summed E-state index contributed by atoms with van der Waals surface area (Å²) in [5, 5.41) is 14.2. The molecular weight excluding hydrogens is 230 g/mol. The van der Waals surface area contributed by atoms with Gasteiger partial charge in [0, 0.05) is 7.11 Å². The second-order valence-electron chi connectivity index (χ2n) is 3.71. The fraction of sp³-hybridized carbons (Fsp3) is 0.667. The molecule has 0 spiro atoms. The van der Waals surface area contributed by atoms with E-state index in [2.05, 4.69) is 24.1 Å². The second-order valence-corrected chi connectivity index (χ2v) is 4.72. The zero-order chi connectivity index (χ0) is 12.1. The van der Waals surface area contributed by atoms with Gasteiger partial charge in [-0.15, -0.1) is 0 Å². The summed E-state index contributed by atoms with van der Waals surface area (Å²) in [7, 11) is 1.63. The Hall–Kier alpha value is -1.21. The maximum absolute atomic E-state index is 10.5. The molecular formula is C9H15N3O3S. The van der Waals surface area contributed by atoms with Crippen molar-refractivity contribution >= 4 is 21.5 Å². The number of nitrogens with zero attached hydrogens (tertiary/aromatic N) is 2. The predicted molar refractivity (Wildman–Crippen MR) is 62.9 cm³/mol. The summed E-state index contributed by atoms with van der Waals surface area (Å²) in [4.78, 5) is 14.0. The van der Waals surface area contributed by atoms with Gasteiger partial charge in [0.05, 0.1) is 17.6 Å². The Kier molecular flexibility index (Phi) is 4.63. The summed E-state index contributed by atoms with van der Waals surface area (Å²) < 4.78 is 5.07. The molecule has 0 aliphatic rings. The Balaban J connectivity index is 2.66. The van der Waals surface area contributed by atoms with Crippen LogP contribution in [0.2, 0.25) is 0 Å². The molecule has 0 amide bonds. The van der Waals surface area contributed by atoms with E-state index in [1.165, 1.54) is 6.20 Å². The van der Waals surface area contributed by atoms with Crippen LogP contribution in [0.3, 0.4) is 0 Å². The van der Waals surface area contributed by atoms with E-state index >= 15 is 0 Å². The van der Waals surface area contributed by atoms with E-state index in [1.54, 1.807) is 7.11 Å². The first kappa shape index (κ1) is 12.9. The van der Waals surface area contributed by atoms with Gasteiger partial charge in [0.2, 0.25) is 0 Å². The van der Waals surface area contributed by atoms with Gasteiger partial charge in [-0.1, -0.05) is 13.8 Å². The molecule has 7 heteroatoms. The molecule has 16 heavy (non-hydrogen) atoms. The van der Waals surface area contributed by atoms with Crippen LogP contribution in [0.4, 0.5) is 10.1 Å². The maximum atomic E-state index is 10.5. The van der Waals surface area contributed by atoms with Crippen LogP contribution in [0.1, 0.15) is 13.8 Å². The van der Waals surface area contributed by atoms with Crippen molar-refractivity contribution in [2.24, 2.45) is 5.92 Å². The summed E-state index contributed by atoms with van der Waals surface area (Å²) in [6, 6.07) is 0.107. The second kappa shape index (κ2) is 5.76. The van der Waals surface area contributed by atoms with Gasteiger partial charge in [0.25, 0.3) is 0 Å². The highest BCUT2D eigenvalue weighted by molar-refractivity contribution is 7.18. The molecule has 1 N–H and O–H groups in total. The molecule has 0 saturated carbocycles. The summed E-state index contributed by atoms with van der Waals surface area (Å²) in [5.41, 5.74) is 0. The van der Waals surface area contributed by atoms with Gasteiger partial charge in [0.15, 0.2) is 5.13 Å². The molecule has 0 radical (unpaired) electrons. The first-order valence-corrected chi connectivity index (χ1v) is 5.72. The Bertz CT molecular complexity index is 354. The van der Waals surface area contributed by atoms with Gasteiger partial charge < -0.3 is 10.1 Å². The quantitative estimate of drug-likeness (QED) is 0.613. The lowest BCUT2D eigenvalue weighted by Gasteiger charge is -2.20. The maximum Gasteiger partial charge on any atom is 0.345 e. The van der Waals surface area contributed by atoms with Crippen molar-refractivity contribution in [3.63, 3.8) is 0 Å². The van der Waals surface area contributed by atoms with E-state index in [-0.39, 0.29) is 11.0 Å². The lowest BCUT2D eigenvalue weighted by Crippen LogP contribution is -2.30. The third-order valence-electron chi connectivity index (χ3n) is 2.13. The molecule has 1 aromatic heterocycles. The number of hydrogen-bond donors (Lipinski definition) is 1. The van der Waals surface area contributed by atoms with Crippen LogP contribution in [0.15, 0.2) is 6.20 Å². The van der Waals surface area contributed by atoms with E-state index in [9.17, 15) is 10.1 Å². The van der Waals surface area contributed by atoms with Gasteiger partial charge in [-0.3, -0.25) is 10.1 Å². The first-order chi connectivity index (χ1) is 7.54. The lowest BCUT2D eigenvalue weighted by atomic mass is 10.1. The molecule has 0 fully saturated rings. The minimum atomic E-state index is -0.441. The van der Waals surface area contributed by atoms with Crippen molar-refractivity contribution in [3.05, 3.63) is 16.3 Å². The molecule has 0 bridgehead atoms. The van der Waals surface area contributed by atoms with Crippen LogP contribution in [-0.2, 0) is 4.74 Å². The van der Waals surface area contributed by atoms with E-state index in [1.807, 2.05) is 0 Å². The highest BCUT2D eigenvalue weighted by Gasteiger charge is 2.17. The molecule has 1 heterocycles. The fourth-order valence-electron chi connectivity index (χ4n) is 1.16. The van der Waals surface area contributed by atoms with Crippen LogP contribution in [0.25, 0.3) is 0 Å². The van der Waals surface area contributed by atoms with E-state index in [0.29, 0.717) is 17.7 Å². The molecule has 0 aliphatic heterocycles. The highest BCUT2D eigenvalue weighted by Crippen LogP contribution is 2.26. The summed E-state index contributed by atoms with van der Waals surface area (Å²) in [6.45, 7) is 4.66. The first-order valence-electron chi connectivity index (χ1n) is 4.90. The molecule has 1 rings (SSSR count). The Labute approximate surface area is 97.8 Å². The zero-order valence-corrected chi connectivity index (χ0v) is 10.3. The SMILES string of the molecule is COCC(Nc1ncc([N+](=O)[O-])s1)C(C)C. The van der Waals surface area contributed by atoms with Crippen molar-refractivity contribution < 1.29 is 9.66 Å². The van der Waals surface area contributed by atoms with Crippen molar-refractivity contribution in [2.75, 3.05) is 19.0 Å². The molecule has 6 nitrogen and oxygen atoms in total. The molecule has 1 unspecified atom stereocenters. The van der Waals surface area contributed by atoms with Crippen molar-refractivity contribution in [3.8, 4) is 0 Å². The van der Waals surface area contributed by atoms with Crippen LogP contribution in [0, 0.1) is 16.0 Å². The van der Waals surface area contributed by atoms with E-state index < -0.39 is 4.92 Å². The summed E-state index contributed by atoms with van der Waals surface area (Å²) in [6.07, 6.45) is 1.26. The van der Waals surface area contributed by atoms with Gasteiger partial charge in [0.1, 0.15) is 6.20 Å². The number of nitro groups is 1. The number of anilines is 1. The number of rotatable bonds is 6. The molecule has 0 aromatic carbocycles. The van der Waals surface area contributed by atoms with Gasteiger partial charge in [-0.05, 0) is 17.3 Å². The molecule has 1 atom stereocenters. The summed E-state index contributed by atoms with van der Waals surface area (Å²) >= 11 is 1.04. The van der Waals surface area contributed by atoms with E-state index in [4.69, 9.17) is 4.74 Å². The molecule has 0 saturated heterocycles. The topological polar surface area (TPSA) is 77.3 Å². The number of hydrogen-bond acceptors (Lipinski definition) is 6. The smallest absolute Gasteiger partial charge is 0.345 e. The molecule has 1 aromatic rings. The average molecular weight is 245 g/mol. The van der Waals surface area contributed by atoms with Crippen LogP contribution < -0.4 is 5.32 Å². The highest BCUT2D eigenvalue weighted by atomic mass is 32.1. The Morgan fingerprint density at radius 1 is 1.69 bits per heavy atom. The lowest BCUT2D eigenvalue weighted by molar-refractivity contribution is -0.380. The minimum absolute atomic E-state index is 0.0439. The third-order valence-corrected chi connectivity index (χ3v) is 3.01. The normalized spacial score (nSPS) is 12.8. The summed E-state index contributed by atoms with van der Waals surface area (Å²) in [5.74, 6) is 0.364. The zero-order valence-electron chi connectivity index (χ0n) is 9.47. The van der Waals surface area contributed by atoms with E-state index in [0.717, 1.165) is 11.3 Å². The largest absolute Gasteiger partial charge is 0.383 e. The van der Waals surface area contributed by atoms with Gasteiger partial charge in [-0.2, -0.15) is 0 Å². The monoisotopic (exact) mass is 245 g/mol. The van der Waals surface area contributed by atoms with Gasteiger partial charge in [-0.25, -0.2) is 4.98 Å². The molecule has 0 aliphatic carbocycles. The minimum Gasteiger partial charge on any atom is -0.383 e. The number of methoxy groups -OCH3 is 1. The standard InChI is InChI=1S/C9H15N3O3S/c1-6(2)7(5-15-3)11-9-10-4-8(16-9)12(13)14/h4,6-7H,5H2,1-3H3,(H,10,11). The van der Waals surface area contributed by atoms with Crippen molar-refractivity contribution in [2.45, 2.75) is 19.9 Å². The predicted octanol–water partition coefficient (Wildman–Crippen LogP) is 2.13.